The molecule has 0 spiro atoms. The molecule has 0 aliphatic carbocycles. The monoisotopic (exact) mass is 650 g/mol. The third-order valence-electron chi connectivity index (χ3n) is 7.86. The van der Waals surface area contributed by atoms with Gasteiger partial charge >= 0.3 is 0 Å². The average Bonchev–Trinajstić information content (AvgIpc) is 3.75. The van der Waals surface area contributed by atoms with Crippen molar-refractivity contribution in [2.75, 3.05) is 36.0 Å². The molecule has 6 aromatic rings. The molecule has 0 fully saturated rings. The van der Waals surface area contributed by atoms with Crippen LogP contribution in [0.25, 0.3) is 31.3 Å². The number of thiazole rings is 2. The summed E-state index contributed by atoms with van der Waals surface area (Å²) in [6.45, 7) is 11.7. The lowest BCUT2D eigenvalue weighted by Crippen LogP contribution is -2.21. The van der Waals surface area contributed by atoms with E-state index in [1.165, 1.54) is 22.7 Å². The Balaban J connectivity index is 1.25. The molecule has 2 heterocycles. The molecule has 2 aromatic heterocycles. The van der Waals surface area contributed by atoms with Crippen LogP contribution in [-0.4, -0.2) is 46.4 Å². The van der Waals surface area contributed by atoms with Gasteiger partial charge in [0.1, 0.15) is 22.9 Å². The molecule has 6 rings (SSSR count). The maximum atomic E-state index is 10.9. The van der Waals surface area contributed by atoms with Crippen molar-refractivity contribution in [1.82, 2.24) is 9.97 Å². The summed E-state index contributed by atoms with van der Waals surface area (Å²) in [5.41, 5.74) is 2.74. The number of anilines is 2. The molecule has 0 saturated heterocycles. The number of fused-ring (bicyclic) bond motifs is 2. The van der Waals surface area contributed by atoms with Gasteiger partial charge < -0.3 is 20.0 Å². The molecule has 0 unspecified atom stereocenters. The minimum atomic E-state index is 0.0695. The largest absolute Gasteiger partial charge is 0.506 e. The highest BCUT2D eigenvalue weighted by molar-refractivity contribution is 7.25. The summed E-state index contributed by atoms with van der Waals surface area (Å²) in [7, 11) is 0. The van der Waals surface area contributed by atoms with Crippen molar-refractivity contribution in [3.05, 3.63) is 73.1 Å². The highest BCUT2D eigenvalue weighted by Gasteiger charge is 2.17. The van der Waals surface area contributed by atoms with Crippen LogP contribution in [-0.2, 0) is 0 Å². The Labute approximate surface area is 275 Å². The Bertz CT molecular complexity index is 1910. The molecule has 234 valence electrons. The van der Waals surface area contributed by atoms with Gasteiger partial charge in [0.2, 0.25) is 10.3 Å². The van der Waals surface area contributed by atoms with E-state index in [1.54, 1.807) is 24.5 Å². The zero-order valence-electron chi connectivity index (χ0n) is 26.0. The van der Waals surface area contributed by atoms with Crippen molar-refractivity contribution >= 4 is 77.2 Å². The van der Waals surface area contributed by atoms with Crippen LogP contribution in [0.1, 0.15) is 27.7 Å². The number of aromatic hydroxyl groups is 2. The zero-order chi connectivity index (χ0) is 32.2. The minimum absolute atomic E-state index is 0.0695. The first-order valence-electron chi connectivity index (χ1n) is 15.2. The summed E-state index contributed by atoms with van der Waals surface area (Å²) in [6, 6.07) is 19.3. The van der Waals surface area contributed by atoms with Crippen molar-refractivity contribution in [2.45, 2.75) is 27.7 Å². The number of benzene rings is 4. The second-order valence-corrected chi connectivity index (χ2v) is 12.4. The van der Waals surface area contributed by atoms with Gasteiger partial charge in [-0.05, 0) is 27.7 Å². The van der Waals surface area contributed by atoms with Crippen molar-refractivity contribution in [2.24, 2.45) is 20.5 Å². The number of azo groups is 2. The Morgan fingerprint density at radius 3 is 1.30 bits per heavy atom. The zero-order valence-corrected chi connectivity index (χ0v) is 27.7. The number of nitrogens with zero attached hydrogens (tertiary/aromatic N) is 8. The summed E-state index contributed by atoms with van der Waals surface area (Å²) in [5, 5.41) is 44.0. The normalized spacial score (nSPS) is 11.8. The Hall–Kier alpha value is -4.94. The van der Waals surface area contributed by atoms with E-state index in [-0.39, 0.29) is 11.5 Å². The number of phenols is 2. The highest BCUT2D eigenvalue weighted by atomic mass is 32.1. The van der Waals surface area contributed by atoms with Crippen LogP contribution < -0.4 is 9.80 Å². The maximum Gasteiger partial charge on any atom is 0.230 e. The standard InChI is InChI=1S/C34H34N8O2S2/c1-5-41(6-2)25-17-27(43)31(23-15-11-9-13-21(23)25)37-39-33-35-19-29(45-33)30-20-36-34(46-30)40-38-32-24-16-12-10-14-22(24)26(18-28(32)44)42(7-3)8-4/h9-20,43-44H,5-8H2,1-4H3/b39-37+,40-38+. The Kier molecular flexibility index (Phi) is 9.18. The van der Waals surface area contributed by atoms with E-state index in [9.17, 15) is 10.2 Å². The first-order chi connectivity index (χ1) is 22.4. The molecule has 0 aliphatic heterocycles. The third kappa shape index (κ3) is 6.01. The summed E-state index contributed by atoms with van der Waals surface area (Å²) in [6.07, 6.45) is 3.44. The van der Waals surface area contributed by atoms with Crippen LogP contribution in [0.4, 0.5) is 33.0 Å². The molecule has 46 heavy (non-hydrogen) atoms. The van der Waals surface area contributed by atoms with Gasteiger partial charge in [-0.15, -0.1) is 20.5 Å². The highest BCUT2D eigenvalue weighted by Crippen LogP contribution is 2.44. The number of hydrogen-bond donors (Lipinski definition) is 2. The van der Waals surface area contributed by atoms with Gasteiger partial charge in [0.15, 0.2) is 0 Å². The molecule has 0 bridgehead atoms. The van der Waals surface area contributed by atoms with Gasteiger partial charge in [0.05, 0.1) is 9.75 Å². The van der Waals surface area contributed by atoms with Crippen molar-refractivity contribution in [3.63, 3.8) is 0 Å². The Morgan fingerprint density at radius 1 is 0.565 bits per heavy atom. The maximum absolute atomic E-state index is 10.9. The van der Waals surface area contributed by atoms with E-state index >= 15 is 0 Å². The van der Waals surface area contributed by atoms with Gasteiger partial charge in [-0.1, -0.05) is 71.2 Å². The van der Waals surface area contributed by atoms with Crippen molar-refractivity contribution in [3.8, 4) is 21.3 Å². The molecule has 0 aliphatic rings. The summed E-state index contributed by atoms with van der Waals surface area (Å²) < 4.78 is 0. The van der Waals surface area contributed by atoms with Gasteiger partial charge in [-0.3, -0.25) is 0 Å². The molecule has 0 amide bonds. The number of phenolic OH excluding ortho intramolecular Hbond substituents is 2. The van der Waals surface area contributed by atoms with Crippen LogP contribution in [0.3, 0.4) is 0 Å². The van der Waals surface area contributed by atoms with E-state index in [1.807, 2.05) is 48.5 Å². The molecule has 4 aromatic carbocycles. The first kappa shape index (κ1) is 31.1. The van der Waals surface area contributed by atoms with Crippen LogP contribution in [0.5, 0.6) is 11.5 Å². The fourth-order valence-corrected chi connectivity index (χ4v) is 7.09. The molecule has 0 atom stereocenters. The quantitative estimate of drug-likeness (QED) is 0.135. The topological polar surface area (TPSA) is 122 Å². The van der Waals surface area contributed by atoms with E-state index in [4.69, 9.17) is 0 Å². The smallest absolute Gasteiger partial charge is 0.230 e. The fourth-order valence-electron chi connectivity index (χ4n) is 5.55. The molecule has 0 saturated carbocycles. The number of hydrogen-bond acceptors (Lipinski definition) is 12. The average molecular weight is 651 g/mol. The second kappa shape index (κ2) is 13.6. The van der Waals surface area contributed by atoms with Crippen LogP contribution in [0.2, 0.25) is 0 Å². The minimum Gasteiger partial charge on any atom is -0.506 e. The van der Waals surface area contributed by atoms with Crippen LogP contribution in [0.15, 0.2) is 93.5 Å². The SMILES string of the molecule is CCN(CC)c1cc(O)c(/N=N/c2ncc(-c3cnc(/N=N/c4c(O)cc(N(CC)CC)c5ccccc45)s3)s2)c2ccccc12. The van der Waals surface area contributed by atoms with Crippen molar-refractivity contribution in [1.29, 1.82) is 0 Å². The lowest BCUT2D eigenvalue weighted by Gasteiger charge is -2.23. The predicted octanol–water partition coefficient (Wildman–Crippen LogP) is 10.5. The lowest BCUT2D eigenvalue weighted by molar-refractivity contribution is 0.476. The third-order valence-corrected chi connectivity index (χ3v) is 9.82. The predicted molar refractivity (Wildman–Crippen MR) is 190 cm³/mol. The van der Waals surface area contributed by atoms with Crippen LogP contribution >= 0.6 is 22.7 Å². The van der Waals surface area contributed by atoms with E-state index in [2.05, 4.69) is 67.9 Å². The molecule has 12 heteroatoms. The fraction of sp³-hybridized carbons (Fsp3) is 0.235. The summed E-state index contributed by atoms with van der Waals surface area (Å²) >= 11 is 2.73. The van der Waals surface area contributed by atoms with Crippen molar-refractivity contribution < 1.29 is 10.2 Å². The van der Waals surface area contributed by atoms with Gasteiger partial charge in [0.25, 0.3) is 0 Å². The van der Waals surface area contributed by atoms with Gasteiger partial charge in [-0.2, -0.15) is 0 Å². The van der Waals surface area contributed by atoms with E-state index in [0.717, 1.165) is 68.9 Å². The summed E-state index contributed by atoms with van der Waals surface area (Å²) in [4.78, 5) is 15.0. The first-order valence-corrected chi connectivity index (χ1v) is 16.8. The molecule has 2 N–H and O–H groups in total. The number of rotatable bonds is 11. The lowest BCUT2D eigenvalue weighted by atomic mass is 10.1. The molecular formula is C34H34N8O2S2. The second-order valence-electron chi connectivity index (χ2n) is 10.4. The molecule has 0 radical (unpaired) electrons. The van der Waals surface area contributed by atoms with E-state index < -0.39 is 0 Å². The van der Waals surface area contributed by atoms with Gasteiger partial charge in [-0.25, -0.2) is 9.97 Å². The Morgan fingerprint density at radius 2 is 0.935 bits per heavy atom. The number of aromatic nitrogens is 2. The van der Waals surface area contributed by atoms with E-state index in [0.29, 0.717) is 21.6 Å². The molecular weight excluding hydrogens is 617 g/mol. The molecule has 10 nitrogen and oxygen atoms in total. The van der Waals surface area contributed by atoms with Gasteiger partial charge in [0, 0.05) is 83.6 Å². The van der Waals surface area contributed by atoms with Crippen LogP contribution in [0, 0.1) is 0 Å². The summed E-state index contributed by atoms with van der Waals surface area (Å²) in [5.74, 6) is 0.139.